The summed E-state index contributed by atoms with van der Waals surface area (Å²) < 4.78 is 0. The van der Waals surface area contributed by atoms with Crippen molar-refractivity contribution < 1.29 is 0 Å². The first kappa shape index (κ1) is 10.2. The zero-order valence-corrected chi connectivity index (χ0v) is 9.58. The van der Waals surface area contributed by atoms with Crippen molar-refractivity contribution >= 4 is 57.4 Å². The molecule has 6 heteroatoms. The van der Waals surface area contributed by atoms with Crippen molar-refractivity contribution in [3.05, 3.63) is 32.5 Å². The van der Waals surface area contributed by atoms with Gasteiger partial charge in [-0.25, -0.2) is 9.97 Å². The highest BCUT2D eigenvalue weighted by Gasteiger charge is 2.08. The molecule has 0 unspecified atom stereocenters. The van der Waals surface area contributed by atoms with E-state index in [4.69, 9.17) is 46.4 Å². The van der Waals surface area contributed by atoms with E-state index in [9.17, 15) is 0 Å². The summed E-state index contributed by atoms with van der Waals surface area (Å²) in [7, 11) is 0. The van der Waals surface area contributed by atoms with E-state index in [0.29, 0.717) is 21.1 Å². The van der Waals surface area contributed by atoms with Crippen LogP contribution in [0.3, 0.4) is 0 Å². The Morgan fingerprint density at radius 2 is 1.50 bits per heavy atom. The smallest absolute Gasteiger partial charge is 0.167 e. The van der Waals surface area contributed by atoms with Gasteiger partial charge in [0.1, 0.15) is 5.52 Å². The largest absolute Gasteiger partial charge is 0.231 e. The van der Waals surface area contributed by atoms with E-state index < -0.39 is 0 Å². The number of halogens is 4. The Morgan fingerprint density at radius 3 is 2.21 bits per heavy atom. The Kier molecular flexibility index (Phi) is 2.71. The van der Waals surface area contributed by atoms with Crippen LogP contribution in [0.25, 0.3) is 11.0 Å². The molecule has 1 aromatic heterocycles. The molecule has 1 aromatic carbocycles. The summed E-state index contributed by atoms with van der Waals surface area (Å²) in [6.07, 6.45) is 0. The van der Waals surface area contributed by atoms with E-state index in [-0.39, 0.29) is 10.3 Å². The van der Waals surface area contributed by atoms with Crippen molar-refractivity contribution in [2.24, 2.45) is 0 Å². The van der Waals surface area contributed by atoms with Gasteiger partial charge in [-0.1, -0.05) is 46.4 Å². The van der Waals surface area contributed by atoms with Gasteiger partial charge in [0, 0.05) is 5.02 Å². The van der Waals surface area contributed by atoms with Crippen molar-refractivity contribution in [1.29, 1.82) is 0 Å². The molecule has 0 fully saturated rings. The lowest BCUT2D eigenvalue weighted by Crippen LogP contribution is -1.87. The number of rotatable bonds is 0. The molecule has 0 aliphatic heterocycles. The summed E-state index contributed by atoms with van der Waals surface area (Å²) in [6, 6.07) is 3.20. The van der Waals surface area contributed by atoms with Gasteiger partial charge in [-0.3, -0.25) is 0 Å². The summed E-state index contributed by atoms with van der Waals surface area (Å²) in [5.41, 5.74) is 1.02. The Bertz CT molecular complexity index is 512. The molecule has 0 bridgehead atoms. The second-order valence-corrected chi connectivity index (χ2v) is 4.12. The predicted molar refractivity (Wildman–Crippen MR) is 59.6 cm³/mol. The molecule has 2 rings (SSSR count). The molecule has 0 spiro atoms. The van der Waals surface area contributed by atoms with E-state index in [1.807, 2.05) is 0 Å². The molecule has 0 saturated heterocycles. The van der Waals surface area contributed by atoms with Gasteiger partial charge in [-0.2, -0.15) is 0 Å². The summed E-state index contributed by atoms with van der Waals surface area (Å²) in [4.78, 5) is 8.00. The molecule has 2 nitrogen and oxygen atoms in total. The summed E-state index contributed by atoms with van der Waals surface area (Å²) in [5.74, 6) is 0. The topological polar surface area (TPSA) is 25.8 Å². The molecule has 0 radical (unpaired) electrons. The maximum atomic E-state index is 5.90. The van der Waals surface area contributed by atoms with Crippen LogP contribution in [0.15, 0.2) is 12.1 Å². The van der Waals surface area contributed by atoms with E-state index in [1.54, 1.807) is 12.1 Å². The van der Waals surface area contributed by atoms with Crippen LogP contribution in [-0.4, -0.2) is 9.97 Å². The van der Waals surface area contributed by atoms with Gasteiger partial charge >= 0.3 is 0 Å². The summed E-state index contributed by atoms with van der Waals surface area (Å²) in [6.45, 7) is 0. The first-order chi connectivity index (χ1) is 6.58. The van der Waals surface area contributed by atoms with Gasteiger partial charge in [0.15, 0.2) is 10.3 Å². The van der Waals surface area contributed by atoms with Crippen LogP contribution in [0.4, 0.5) is 0 Å². The fourth-order valence-electron chi connectivity index (χ4n) is 1.04. The Morgan fingerprint density at radius 1 is 0.857 bits per heavy atom. The first-order valence-electron chi connectivity index (χ1n) is 3.56. The number of aromatic nitrogens is 2. The maximum absolute atomic E-state index is 5.90. The van der Waals surface area contributed by atoms with Crippen molar-refractivity contribution in [2.45, 2.75) is 0 Å². The first-order valence-corrected chi connectivity index (χ1v) is 5.07. The van der Waals surface area contributed by atoms with Crippen LogP contribution in [-0.2, 0) is 0 Å². The predicted octanol–water partition coefficient (Wildman–Crippen LogP) is 4.24. The van der Waals surface area contributed by atoms with E-state index in [2.05, 4.69) is 9.97 Å². The van der Waals surface area contributed by atoms with Gasteiger partial charge in [0.2, 0.25) is 0 Å². The lowest BCUT2D eigenvalue weighted by atomic mass is 10.3. The molecule has 1 heterocycles. The third-order valence-corrected chi connectivity index (χ3v) is 2.74. The molecule has 0 amide bonds. The van der Waals surface area contributed by atoms with E-state index >= 15 is 0 Å². The number of hydrogen-bond donors (Lipinski definition) is 0. The monoisotopic (exact) mass is 266 g/mol. The normalized spacial score (nSPS) is 10.9. The van der Waals surface area contributed by atoms with Crippen LogP contribution >= 0.6 is 46.4 Å². The van der Waals surface area contributed by atoms with Crippen molar-refractivity contribution in [1.82, 2.24) is 9.97 Å². The number of fused-ring (bicyclic) bond motifs is 1. The molecular weight excluding hydrogens is 266 g/mol. The van der Waals surface area contributed by atoms with Gasteiger partial charge in [-0.15, -0.1) is 0 Å². The molecule has 14 heavy (non-hydrogen) atoms. The minimum absolute atomic E-state index is 0.128. The second-order valence-electron chi connectivity index (χ2n) is 2.56. The molecule has 0 aliphatic rings. The second kappa shape index (κ2) is 3.70. The Balaban J connectivity index is 2.89. The van der Waals surface area contributed by atoms with Crippen molar-refractivity contribution in [2.75, 3.05) is 0 Å². The third-order valence-electron chi connectivity index (χ3n) is 1.61. The summed E-state index contributed by atoms with van der Waals surface area (Å²) in [5, 5.41) is 1.15. The van der Waals surface area contributed by atoms with Crippen LogP contribution in [0.5, 0.6) is 0 Å². The van der Waals surface area contributed by atoms with Gasteiger partial charge in [0.25, 0.3) is 0 Å². The SMILES string of the molecule is Clc1cc(Cl)c2nc(Cl)c(Cl)nc2c1. The lowest BCUT2D eigenvalue weighted by molar-refractivity contribution is 1.29. The number of hydrogen-bond acceptors (Lipinski definition) is 2. The molecule has 0 saturated carbocycles. The quantitative estimate of drug-likeness (QED) is 0.713. The van der Waals surface area contributed by atoms with Crippen molar-refractivity contribution in [3.63, 3.8) is 0 Å². The maximum Gasteiger partial charge on any atom is 0.167 e. The van der Waals surface area contributed by atoms with Crippen LogP contribution in [0.2, 0.25) is 20.4 Å². The van der Waals surface area contributed by atoms with Gasteiger partial charge in [0.05, 0.1) is 10.5 Å². The molecule has 72 valence electrons. The molecule has 2 aromatic rings. The molecule has 0 N–H and O–H groups in total. The van der Waals surface area contributed by atoms with Crippen LogP contribution < -0.4 is 0 Å². The minimum Gasteiger partial charge on any atom is -0.231 e. The zero-order valence-electron chi connectivity index (χ0n) is 6.56. The average Bonchev–Trinajstić information content (AvgIpc) is 2.08. The summed E-state index contributed by atoms with van der Waals surface area (Å²) >= 11 is 23.1. The minimum atomic E-state index is 0.128. The fourth-order valence-corrected chi connectivity index (χ4v) is 1.83. The molecule has 0 aliphatic carbocycles. The van der Waals surface area contributed by atoms with Crippen LogP contribution in [0.1, 0.15) is 0 Å². The van der Waals surface area contributed by atoms with Crippen LogP contribution in [0, 0.1) is 0 Å². The van der Waals surface area contributed by atoms with E-state index in [0.717, 1.165) is 0 Å². The standard InChI is InChI=1S/C8H2Cl4N2/c9-3-1-4(10)6-5(2-3)13-7(11)8(12)14-6/h1-2H. The highest BCUT2D eigenvalue weighted by molar-refractivity contribution is 6.42. The third kappa shape index (κ3) is 1.75. The molecule has 0 atom stereocenters. The lowest BCUT2D eigenvalue weighted by Gasteiger charge is -2.01. The Hall–Kier alpha value is -0.280. The fraction of sp³-hybridized carbons (Fsp3) is 0. The van der Waals surface area contributed by atoms with E-state index in [1.165, 1.54) is 0 Å². The highest BCUT2D eigenvalue weighted by Crippen LogP contribution is 2.28. The average molecular weight is 268 g/mol. The number of benzene rings is 1. The van der Waals surface area contributed by atoms with Gasteiger partial charge < -0.3 is 0 Å². The number of nitrogens with zero attached hydrogens (tertiary/aromatic N) is 2. The Labute approximate surface area is 99.8 Å². The van der Waals surface area contributed by atoms with Gasteiger partial charge in [-0.05, 0) is 12.1 Å². The zero-order chi connectivity index (χ0) is 10.3. The van der Waals surface area contributed by atoms with Crippen molar-refractivity contribution in [3.8, 4) is 0 Å². The highest BCUT2D eigenvalue weighted by atomic mass is 35.5. The molecular formula is C8H2Cl4N2.